The van der Waals surface area contributed by atoms with Gasteiger partial charge in [0, 0.05) is 36.7 Å². The number of benzene rings is 1. The molecule has 1 aromatic carbocycles. The van der Waals surface area contributed by atoms with Crippen LogP contribution < -0.4 is 10.1 Å². The average molecular weight is 341 g/mol. The fraction of sp³-hybridized carbons (Fsp3) is 0.533. The zero-order chi connectivity index (χ0) is 14.7. The molecule has 0 spiro atoms. The fourth-order valence-electron chi connectivity index (χ4n) is 1.95. The predicted octanol–water partition coefficient (Wildman–Crippen LogP) is 2.56. The number of hydrogen-bond donors (Lipinski definition) is 1. The van der Waals surface area contributed by atoms with Crippen LogP contribution in [0.25, 0.3) is 0 Å². The van der Waals surface area contributed by atoms with Gasteiger partial charge >= 0.3 is 0 Å². The van der Waals surface area contributed by atoms with Crippen LogP contribution in [-0.4, -0.2) is 37.0 Å². The molecule has 1 saturated carbocycles. The molecule has 0 radical (unpaired) electrons. The highest BCUT2D eigenvalue weighted by Gasteiger charge is 2.22. The van der Waals surface area contributed by atoms with Crippen molar-refractivity contribution in [3.63, 3.8) is 0 Å². The molecule has 0 aromatic heterocycles. The van der Waals surface area contributed by atoms with Gasteiger partial charge in [0.15, 0.2) is 6.10 Å². The lowest BCUT2D eigenvalue weighted by Crippen LogP contribution is -2.35. The van der Waals surface area contributed by atoms with Crippen molar-refractivity contribution in [3.8, 4) is 5.75 Å². The van der Waals surface area contributed by atoms with Crippen LogP contribution in [0.5, 0.6) is 5.75 Å². The number of nitrogens with zero attached hydrogens (tertiary/aromatic N) is 1. The first-order valence-corrected chi connectivity index (χ1v) is 7.66. The molecule has 1 N–H and O–H groups in total. The summed E-state index contributed by atoms with van der Waals surface area (Å²) in [5.41, 5.74) is 1.07. The zero-order valence-corrected chi connectivity index (χ0v) is 13.7. The third-order valence-corrected chi connectivity index (χ3v) is 3.77. The molecule has 5 heteroatoms. The minimum Gasteiger partial charge on any atom is -0.481 e. The van der Waals surface area contributed by atoms with Gasteiger partial charge in [-0.1, -0.05) is 15.9 Å². The third kappa shape index (κ3) is 4.21. The van der Waals surface area contributed by atoms with Crippen molar-refractivity contribution in [2.45, 2.75) is 38.5 Å². The van der Waals surface area contributed by atoms with Gasteiger partial charge in [0.05, 0.1) is 0 Å². The number of carbonyl (C=O) groups is 1. The molecular formula is C15H21BrN2O2. The summed E-state index contributed by atoms with van der Waals surface area (Å²) in [6, 6.07) is 6.52. The standard InChI is InChI=1S/C15H21BrN2O2/c1-10(15(19)18(2)3)20-14-7-4-12(16)8-11(14)9-17-13-5-6-13/h4,7-8,10,13,17H,5-6,9H2,1-3H3. The van der Waals surface area contributed by atoms with Crippen molar-refractivity contribution in [1.29, 1.82) is 0 Å². The predicted molar refractivity (Wildman–Crippen MR) is 82.8 cm³/mol. The number of nitrogens with one attached hydrogen (secondary N) is 1. The first-order chi connectivity index (χ1) is 9.47. The van der Waals surface area contributed by atoms with E-state index in [9.17, 15) is 4.79 Å². The maximum atomic E-state index is 11.9. The average Bonchev–Trinajstić information content (AvgIpc) is 3.21. The molecule has 1 aliphatic rings. The summed E-state index contributed by atoms with van der Waals surface area (Å²) in [4.78, 5) is 13.4. The van der Waals surface area contributed by atoms with Gasteiger partial charge in [-0.2, -0.15) is 0 Å². The zero-order valence-electron chi connectivity index (χ0n) is 12.1. The molecule has 1 unspecified atom stereocenters. The first kappa shape index (κ1) is 15.3. The van der Waals surface area contributed by atoms with Gasteiger partial charge in [0.25, 0.3) is 5.91 Å². The van der Waals surface area contributed by atoms with E-state index in [0.29, 0.717) is 6.04 Å². The lowest BCUT2D eigenvalue weighted by Gasteiger charge is -2.20. The number of rotatable bonds is 6. The molecule has 0 bridgehead atoms. The number of halogens is 1. The van der Waals surface area contributed by atoms with Gasteiger partial charge in [0.1, 0.15) is 5.75 Å². The van der Waals surface area contributed by atoms with Gasteiger partial charge in [-0.25, -0.2) is 0 Å². The summed E-state index contributed by atoms with van der Waals surface area (Å²) >= 11 is 3.48. The molecule has 20 heavy (non-hydrogen) atoms. The molecule has 1 atom stereocenters. The van der Waals surface area contributed by atoms with Gasteiger partial charge < -0.3 is 15.0 Å². The molecule has 1 amide bonds. The van der Waals surface area contributed by atoms with Crippen LogP contribution in [0.2, 0.25) is 0 Å². The Labute approximate surface area is 128 Å². The van der Waals surface area contributed by atoms with Gasteiger partial charge in [-0.15, -0.1) is 0 Å². The minimum atomic E-state index is -0.481. The van der Waals surface area contributed by atoms with Crippen LogP contribution in [0, 0.1) is 0 Å². The van der Waals surface area contributed by atoms with Crippen molar-refractivity contribution >= 4 is 21.8 Å². The van der Waals surface area contributed by atoms with E-state index in [0.717, 1.165) is 22.3 Å². The SMILES string of the molecule is CC(Oc1ccc(Br)cc1CNC1CC1)C(=O)N(C)C. The summed E-state index contributed by atoms with van der Waals surface area (Å²) < 4.78 is 6.84. The molecular weight excluding hydrogens is 320 g/mol. The fourth-order valence-corrected chi connectivity index (χ4v) is 2.36. The quantitative estimate of drug-likeness (QED) is 0.865. The lowest BCUT2D eigenvalue weighted by molar-refractivity contribution is -0.135. The van der Waals surface area contributed by atoms with Crippen molar-refractivity contribution in [2.24, 2.45) is 0 Å². The summed E-state index contributed by atoms with van der Waals surface area (Å²) in [6.07, 6.45) is 2.02. The van der Waals surface area contributed by atoms with Crippen LogP contribution in [0.3, 0.4) is 0 Å². The number of amides is 1. The highest BCUT2D eigenvalue weighted by molar-refractivity contribution is 9.10. The smallest absolute Gasteiger partial charge is 0.262 e. The van der Waals surface area contributed by atoms with E-state index >= 15 is 0 Å². The second kappa shape index (κ2) is 6.59. The van der Waals surface area contributed by atoms with E-state index in [1.165, 1.54) is 12.8 Å². The van der Waals surface area contributed by atoms with Crippen LogP contribution in [-0.2, 0) is 11.3 Å². The molecule has 2 rings (SSSR count). The highest BCUT2D eigenvalue weighted by atomic mass is 79.9. The largest absolute Gasteiger partial charge is 0.481 e. The van der Waals surface area contributed by atoms with Gasteiger partial charge in [0.2, 0.25) is 0 Å². The summed E-state index contributed by atoms with van der Waals surface area (Å²) in [5.74, 6) is 0.734. The second-order valence-electron chi connectivity index (χ2n) is 5.40. The molecule has 1 aliphatic carbocycles. The number of hydrogen-bond acceptors (Lipinski definition) is 3. The first-order valence-electron chi connectivity index (χ1n) is 6.87. The minimum absolute atomic E-state index is 0.0333. The van der Waals surface area contributed by atoms with E-state index in [-0.39, 0.29) is 5.91 Å². The summed E-state index contributed by atoms with van der Waals surface area (Å²) in [5, 5.41) is 3.47. The summed E-state index contributed by atoms with van der Waals surface area (Å²) in [6.45, 7) is 2.55. The van der Waals surface area contributed by atoms with Crippen LogP contribution in [0.15, 0.2) is 22.7 Å². The van der Waals surface area contributed by atoms with Crippen molar-refractivity contribution in [1.82, 2.24) is 10.2 Å². The second-order valence-corrected chi connectivity index (χ2v) is 6.32. The van der Waals surface area contributed by atoms with E-state index in [4.69, 9.17) is 4.74 Å². The van der Waals surface area contributed by atoms with Crippen molar-refractivity contribution in [3.05, 3.63) is 28.2 Å². The molecule has 0 aliphatic heterocycles. The van der Waals surface area contributed by atoms with Crippen LogP contribution in [0.4, 0.5) is 0 Å². The third-order valence-electron chi connectivity index (χ3n) is 3.27. The Morgan fingerprint density at radius 3 is 2.80 bits per heavy atom. The van der Waals surface area contributed by atoms with Crippen LogP contribution in [0.1, 0.15) is 25.3 Å². The Bertz CT molecular complexity index is 487. The van der Waals surface area contributed by atoms with Crippen LogP contribution >= 0.6 is 15.9 Å². The van der Waals surface area contributed by atoms with E-state index in [1.807, 2.05) is 18.2 Å². The Morgan fingerprint density at radius 2 is 2.20 bits per heavy atom. The van der Waals surface area contributed by atoms with E-state index in [1.54, 1.807) is 25.9 Å². The Kier molecular flexibility index (Phi) is 5.05. The Hall–Kier alpha value is -1.07. The van der Waals surface area contributed by atoms with Gasteiger partial charge in [-0.3, -0.25) is 4.79 Å². The van der Waals surface area contributed by atoms with E-state index in [2.05, 4.69) is 21.2 Å². The molecule has 110 valence electrons. The number of ether oxygens (including phenoxy) is 1. The highest BCUT2D eigenvalue weighted by Crippen LogP contribution is 2.26. The molecule has 4 nitrogen and oxygen atoms in total. The Morgan fingerprint density at radius 1 is 1.50 bits per heavy atom. The van der Waals surface area contributed by atoms with Crippen molar-refractivity contribution < 1.29 is 9.53 Å². The molecule has 1 fully saturated rings. The molecule has 1 aromatic rings. The monoisotopic (exact) mass is 340 g/mol. The number of carbonyl (C=O) groups excluding carboxylic acids is 1. The number of likely N-dealkylation sites (N-methyl/N-ethyl adjacent to an activating group) is 1. The lowest BCUT2D eigenvalue weighted by atomic mass is 10.2. The molecule has 0 heterocycles. The Balaban J connectivity index is 2.06. The van der Waals surface area contributed by atoms with E-state index < -0.39 is 6.10 Å². The maximum absolute atomic E-state index is 11.9. The topological polar surface area (TPSA) is 41.6 Å². The normalized spacial score (nSPS) is 15.8. The molecule has 0 saturated heterocycles. The maximum Gasteiger partial charge on any atom is 0.262 e. The summed E-state index contributed by atoms with van der Waals surface area (Å²) in [7, 11) is 3.47. The van der Waals surface area contributed by atoms with Gasteiger partial charge in [-0.05, 0) is 38.0 Å². The van der Waals surface area contributed by atoms with Crippen molar-refractivity contribution in [2.75, 3.05) is 14.1 Å².